The van der Waals surface area contributed by atoms with Crippen LogP contribution in [0.15, 0.2) is 48.1 Å². The highest BCUT2D eigenvalue weighted by molar-refractivity contribution is 7.13. The second-order valence-electron chi connectivity index (χ2n) is 7.12. The van der Waals surface area contributed by atoms with Gasteiger partial charge in [0.1, 0.15) is 10.8 Å². The van der Waals surface area contributed by atoms with Crippen molar-refractivity contribution in [2.45, 2.75) is 26.3 Å². The first-order chi connectivity index (χ1) is 13.7. The Balaban J connectivity index is 1.28. The number of hydrogen-bond donors (Lipinski definition) is 1. The number of likely N-dealkylation sites (tertiary alicyclic amines) is 1. The van der Waals surface area contributed by atoms with Crippen molar-refractivity contribution in [2.24, 2.45) is 5.92 Å². The highest BCUT2D eigenvalue weighted by Gasteiger charge is 2.25. The molecule has 1 amide bonds. The number of aromatic nitrogens is 3. The number of amides is 1. The Morgan fingerprint density at radius 1 is 1.21 bits per heavy atom. The lowest BCUT2D eigenvalue weighted by molar-refractivity contribution is -0.121. The number of anilines is 1. The van der Waals surface area contributed by atoms with E-state index < -0.39 is 0 Å². The minimum atomic E-state index is 0.0406. The van der Waals surface area contributed by atoms with Gasteiger partial charge in [-0.1, -0.05) is 12.1 Å². The average Bonchev–Trinajstić information content (AvgIpc) is 3.19. The number of rotatable bonds is 5. The lowest BCUT2D eigenvalue weighted by Gasteiger charge is -2.30. The molecule has 0 bridgehead atoms. The number of nitrogens with one attached hydrogen (secondary N) is 1. The fourth-order valence-electron chi connectivity index (χ4n) is 3.34. The van der Waals surface area contributed by atoms with Crippen molar-refractivity contribution in [1.29, 1.82) is 0 Å². The van der Waals surface area contributed by atoms with Gasteiger partial charge in [-0.05, 0) is 56.6 Å². The molecule has 4 heterocycles. The molecule has 0 atom stereocenters. The second-order valence-corrected chi connectivity index (χ2v) is 7.98. The molecule has 1 N–H and O–H groups in total. The molecule has 0 aromatic carbocycles. The summed E-state index contributed by atoms with van der Waals surface area (Å²) in [6.07, 6.45) is 5.27. The summed E-state index contributed by atoms with van der Waals surface area (Å²) in [5.41, 5.74) is 3.07. The minimum absolute atomic E-state index is 0.0406. The zero-order valence-corrected chi connectivity index (χ0v) is 16.7. The van der Waals surface area contributed by atoms with E-state index in [1.54, 1.807) is 23.7 Å². The molecule has 1 fully saturated rings. The molecule has 4 rings (SSSR count). The molecule has 1 aliphatic rings. The number of pyridine rings is 2. The summed E-state index contributed by atoms with van der Waals surface area (Å²) in [6, 6.07) is 9.68. The standard InChI is InChI=1S/C21H23N5OS/c1-15-5-6-19(23-12-15)25-20(27)16-7-10-26(11-8-16)13-17-14-28-21(24-17)18-4-2-3-9-22-18/h2-6,9,12,14,16H,7-8,10-11,13H2,1H3,(H,23,25,27). The van der Waals surface area contributed by atoms with Crippen molar-refractivity contribution in [3.8, 4) is 10.7 Å². The molecular weight excluding hydrogens is 370 g/mol. The summed E-state index contributed by atoms with van der Waals surface area (Å²) >= 11 is 1.63. The molecule has 0 saturated carbocycles. The maximum Gasteiger partial charge on any atom is 0.228 e. The molecular formula is C21H23N5OS. The van der Waals surface area contributed by atoms with Gasteiger partial charge in [-0.15, -0.1) is 11.3 Å². The number of piperidine rings is 1. The van der Waals surface area contributed by atoms with E-state index in [1.807, 2.05) is 37.3 Å². The maximum atomic E-state index is 12.5. The average molecular weight is 394 g/mol. The Morgan fingerprint density at radius 2 is 2.07 bits per heavy atom. The zero-order valence-electron chi connectivity index (χ0n) is 15.8. The van der Waals surface area contributed by atoms with Crippen LogP contribution in [0.4, 0.5) is 5.82 Å². The highest BCUT2D eigenvalue weighted by atomic mass is 32.1. The predicted octanol–water partition coefficient (Wildman–Crippen LogP) is 3.76. The van der Waals surface area contributed by atoms with Gasteiger partial charge in [0, 0.05) is 30.2 Å². The third-order valence-electron chi connectivity index (χ3n) is 4.94. The van der Waals surface area contributed by atoms with Gasteiger partial charge in [-0.2, -0.15) is 0 Å². The normalized spacial score (nSPS) is 15.5. The third-order valence-corrected chi connectivity index (χ3v) is 5.86. The van der Waals surface area contributed by atoms with E-state index in [-0.39, 0.29) is 11.8 Å². The van der Waals surface area contributed by atoms with Gasteiger partial charge in [-0.3, -0.25) is 14.7 Å². The van der Waals surface area contributed by atoms with E-state index in [2.05, 4.69) is 25.6 Å². The molecule has 6 nitrogen and oxygen atoms in total. The van der Waals surface area contributed by atoms with Gasteiger partial charge in [0.15, 0.2) is 0 Å². The Labute approximate surface area is 168 Å². The molecule has 7 heteroatoms. The van der Waals surface area contributed by atoms with Crippen LogP contribution < -0.4 is 5.32 Å². The Morgan fingerprint density at radius 3 is 2.79 bits per heavy atom. The number of hydrogen-bond acceptors (Lipinski definition) is 6. The summed E-state index contributed by atoms with van der Waals surface area (Å²) in [7, 11) is 0. The highest BCUT2D eigenvalue weighted by Crippen LogP contribution is 2.24. The molecule has 1 aliphatic heterocycles. The van der Waals surface area contributed by atoms with Crippen molar-refractivity contribution in [1.82, 2.24) is 19.9 Å². The van der Waals surface area contributed by atoms with Crippen LogP contribution in [0.1, 0.15) is 24.1 Å². The Hall–Kier alpha value is -2.64. The first-order valence-corrected chi connectivity index (χ1v) is 10.4. The number of nitrogens with zero attached hydrogens (tertiary/aromatic N) is 4. The number of carbonyl (C=O) groups is 1. The fraction of sp³-hybridized carbons (Fsp3) is 0.333. The van der Waals surface area contributed by atoms with E-state index in [9.17, 15) is 4.79 Å². The van der Waals surface area contributed by atoms with E-state index in [4.69, 9.17) is 4.98 Å². The molecule has 0 unspecified atom stereocenters. The van der Waals surface area contributed by atoms with Crippen LogP contribution in [0.25, 0.3) is 10.7 Å². The molecule has 0 radical (unpaired) electrons. The van der Waals surface area contributed by atoms with Gasteiger partial charge in [0.2, 0.25) is 5.91 Å². The van der Waals surface area contributed by atoms with Gasteiger partial charge >= 0.3 is 0 Å². The van der Waals surface area contributed by atoms with Gasteiger partial charge in [0.05, 0.1) is 11.4 Å². The van der Waals surface area contributed by atoms with E-state index in [1.165, 1.54) is 0 Å². The van der Waals surface area contributed by atoms with E-state index in [0.717, 1.165) is 54.4 Å². The van der Waals surface area contributed by atoms with Gasteiger partial charge in [0.25, 0.3) is 0 Å². The first-order valence-electron chi connectivity index (χ1n) is 9.49. The summed E-state index contributed by atoms with van der Waals surface area (Å²) in [6.45, 7) is 4.60. The lowest BCUT2D eigenvalue weighted by Crippen LogP contribution is -2.37. The topological polar surface area (TPSA) is 71.0 Å². The zero-order chi connectivity index (χ0) is 19.3. The molecule has 0 spiro atoms. The van der Waals surface area contributed by atoms with Crippen LogP contribution in [0.5, 0.6) is 0 Å². The summed E-state index contributed by atoms with van der Waals surface area (Å²) < 4.78 is 0. The van der Waals surface area contributed by atoms with Crippen LogP contribution in [0.2, 0.25) is 0 Å². The number of thiazole rings is 1. The molecule has 3 aromatic heterocycles. The van der Waals surface area contributed by atoms with Crippen molar-refractivity contribution >= 4 is 23.1 Å². The van der Waals surface area contributed by atoms with Gasteiger partial charge < -0.3 is 5.32 Å². The Bertz CT molecular complexity index is 917. The van der Waals surface area contributed by atoms with Crippen molar-refractivity contribution in [3.63, 3.8) is 0 Å². The largest absolute Gasteiger partial charge is 0.310 e. The molecule has 3 aromatic rings. The van der Waals surface area contributed by atoms with Crippen LogP contribution in [-0.2, 0) is 11.3 Å². The van der Waals surface area contributed by atoms with Gasteiger partial charge in [-0.25, -0.2) is 9.97 Å². The number of aryl methyl sites for hydroxylation is 1. The third kappa shape index (κ3) is 4.61. The predicted molar refractivity (Wildman–Crippen MR) is 111 cm³/mol. The van der Waals surface area contributed by atoms with E-state index in [0.29, 0.717) is 5.82 Å². The van der Waals surface area contributed by atoms with Crippen LogP contribution in [0, 0.1) is 12.8 Å². The lowest BCUT2D eigenvalue weighted by atomic mass is 9.96. The fourth-order valence-corrected chi connectivity index (χ4v) is 4.13. The first kappa shape index (κ1) is 18.7. The molecule has 28 heavy (non-hydrogen) atoms. The number of carbonyl (C=O) groups excluding carboxylic acids is 1. The minimum Gasteiger partial charge on any atom is -0.310 e. The van der Waals surface area contributed by atoms with Crippen molar-refractivity contribution < 1.29 is 4.79 Å². The smallest absolute Gasteiger partial charge is 0.228 e. The van der Waals surface area contributed by atoms with Crippen molar-refractivity contribution in [3.05, 3.63) is 59.4 Å². The second kappa shape index (κ2) is 8.58. The molecule has 144 valence electrons. The van der Waals surface area contributed by atoms with Crippen LogP contribution >= 0.6 is 11.3 Å². The quantitative estimate of drug-likeness (QED) is 0.715. The van der Waals surface area contributed by atoms with Crippen LogP contribution in [0.3, 0.4) is 0 Å². The Kier molecular flexibility index (Phi) is 5.73. The summed E-state index contributed by atoms with van der Waals surface area (Å²) in [5.74, 6) is 0.739. The van der Waals surface area contributed by atoms with Crippen molar-refractivity contribution in [2.75, 3.05) is 18.4 Å². The van der Waals surface area contributed by atoms with Crippen LogP contribution in [-0.4, -0.2) is 38.8 Å². The van der Waals surface area contributed by atoms with E-state index >= 15 is 0 Å². The summed E-state index contributed by atoms with van der Waals surface area (Å²) in [5, 5.41) is 6.00. The maximum absolute atomic E-state index is 12.5. The SMILES string of the molecule is Cc1ccc(NC(=O)C2CCN(Cc3csc(-c4ccccn4)n3)CC2)nc1. The molecule has 1 saturated heterocycles. The monoisotopic (exact) mass is 393 g/mol. The summed E-state index contributed by atoms with van der Waals surface area (Å²) in [4.78, 5) is 28.2. The molecule has 0 aliphatic carbocycles.